The van der Waals surface area contributed by atoms with Crippen molar-refractivity contribution in [1.82, 2.24) is 4.90 Å². The van der Waals surface area contributed by atoms with Gasteiger partial charge >= 0.3 is 5.97 Å². The number of carbonyl (C=O) groups is 2. The smallest absolute Gasteiger partial charge is 0.336 e. The van der Waals surface area contributed by atoms with Crippen LogP contribution in [0.25, 0.3) is 0 Å². The fourth-order valence-electron chi connectivity index (χ4n) is 1.95. The van der Waals surface area contributed by atoms with Gasteiger partial charge in [-0.25, -0.2) is 4.79 Å². The van der Waals surface area contributed by atoms with Gasteiger partial charge in [-0.3, -0.25) is 4.79 Å². The molecule has 0 radical (unpaired) electrons. The molecule has 1 amide bonds. The van der Waals surface area contributed by atoms with Gasteiger partial charge < -0.3 is 14.4 Å². The zero-order chi connectivity index (χ0) is 14.7. The number of carbonyl (C=O) groups excluding carboxylic acids is 2. The fraction of sp³-hybridized carbons (Fsp3) is 0.385. The molecule has 0 aromatic heterocycles. The lowest BCUT2D eigenvalue weighted by Crippen LogP contribution is -2.49. The SMILES string of the molecule is COC(=O)C1CN(C(=O)c2cccc(Br)c2Cl)CCO1. The summed E-state index contributed by atoms with van der Waals surface area (Å²) in [6.45, 7) is 0.862. The van der Waals surface area contributed by atoms with Crippen molar-refractivity contribution in [3.05, 3.63) is 33.3 Å². The van der Waals surface area contributed by atoms with E-state index in [4.69, 9.17) is 16.3 Å². The Bertz CT molecular complexity index is 537. The fourth-order valence-corrected chi connectivity index (χ4v) is 2.52. The molecule has 0 saturated carbocycles. The third-order valence-corrected chi connectivity index (χ3v) is 4.30. The number of esters is 1. The maximum absolute atomic E-state index is 12.4. The summed E-state index contributed by atoms with van der Waals surface area (Å²) in [4.78, 5) is 25.5. The van der Waals surface area contributed by atoms with E-state index >= 15 is 0 Å². The Hall–Kier alpha value is -1.11. The van der Waals surface area contributed by atoms with Crippen LogP contribution in [0.15, 0.2) is 22.7 Å². The molecule has 5 nitrogen and oxygen atoms in total. The molecule has 7 heteroatoms. The molecule has 20 heavy (non-hydrogen) atoms. The first-order valence-corrected chi connectivity index (χ1v) is 7.14. The summed E-state index contributed by atoms with van der Waals surface area (Å²) in [5, 5.41) is 0.360. The van der Waals surface area contributed by atoms with E-state index in [-0.39, 0.29) is 19.1 Å². The molecule has 0 spiro atoms. The van der Waals surface area contributed by atoms with Crippen LogP contribution in [0.2, 0.25) is 5.02 Å². The lowest BCUT2D eigenvalue weighted by Gasteiger charge is -2.31. The van der Waals surface area contributed by atoms with Crippen molar-refractivity contribution in [3.63, 3.8) is 0 Å². The molecule has 1 aromatic rings. The Morgan fingerprint density at radius 1 is 1.50 bits per heavy atom. The van der Waals surface area contributed by atoms with Gasteiger partial charge in [-0.1, -0.05) is 17.7 Å². The van der Waals surface area contributed by atoms with Crippen molar-refractivity contribution in [2.45, 2.75) is 6.10 Å². The minimum Gasteiger partial charge on any atom is -0.467 e. The average molecular weight is 363 g/mol. The van der Waals surface area contributed by atoms with Crippen LogP contribution in [0.4, 0.5) is 0 Å². The van der Waals surface area contributed by atoms with Gasteiger partial charge in [0.15, 0.2) is 6.10 Å². The van der Waals surface area contributed by atoms with Crippen LogP contribution in [0.3, 0.4) is 0 Å². The van der Waals surface area contributed by atoms with Gasteiger partial charge in [0.25, 0.3) is 5.91 Å². The largest absolute Gasteiger partial charge is 0.467 e. The number of methoxy groups -OCH3 is 1. The maximum Gasteiger partial charge on any atom is 0.336 e. The second-order valence-electron chi connectivity index (χ2n) is 4.24. The Morgan fingerprint density at radius 2 is 2.25 bits per heavy atom. The summed E-state index contributed by atoms with van der Waals surface area (Å²) in [6.07, 6.45) is -0.747. The molecule has 108 valence electrons. The number of halogens is 2. The molecule has 0 bridgehead atoms. The van der Waals surface area contributed by atoms with E-state index in [1.165, 1.54) is 7.11 Å². The highest BCUT2D eigenvalue weighted by Gasteiger charge is 2.31. The predicted molar refractivity (Wildman–Crippen MR) is 76.8 cm³/mol. The summed E-state index contributed by atoms with van der Waals surface area (Å²) < 4.78 is 10.6. The minimum absolute atomic E-state index is 0.161. The number of amides is 1. The van der Waals surface area contributed by atoms with Crippen LogP contribution >= 0.6 is 27.5 Å². The lowest BCUT2D eigenvalue weighted by atomic mass is 10.1. The molecule has 1 aromatic carbocycles. The first-order chi connectivity index (χ1) is 9.54. The molecule has 1 saturated heterocycles. The molecule has 1 aliphatic heterocycles. The second kappa shape index (κ2) is 6.56. The zero-order valence-corrected chi connectivity index (χ0v) is 13.1. The molecule has 0 N–H and O–H groups in total. The van der Waals surface area contributed by atoms with Crippen LogP contribution < -0.4 is 0 Å². The van der Waals surface area contributed by atoms with Gasteiger partial charge in [0.05, 0.1) is 30.8 Å². The molecular formula is C13H13BrClNO4. The monoisotopic (exact) mass is 361 g/mol. The van der Waals surface area contributed by atoms with E-state index in [2.05, 4.69) is 20.7 Å². The Morgan fingerprint density at radius 3 is 2.95 bits per heavy atom. The molecule has 1 aliphatic rings. The number of rotatable bonds is 2. The van der Waals surface area contributed by atoms with E-state index in [9.17, 15) is 9.59 Å². The molecule has 2 rings (SSSR count). The molecule has 1 unspecified atom stereocenters. The summed E-state index contributed by atoms with van der Waals surface area (Å²) >= 11 is 9.40. The number of nitrogens with zero attached hydrogens (tertiary/aromatic N) is 1. The molecular weight excluding hydrogens is 350 g/mol. The van der Waals surface area contributed by atoms with Crippen LogP contribution in [-0.2, 0) is 14.3 Å². The highest BCUT2D eigenvalue weighted by molar-refractivity contribution is 9.10. The topological polar surface area (TPSA) is 55.8 Å². The van der Waals surface area contributed by atoms with Crippen molar-refractivity contribution in [3.8, 4) is 0 Å². The first-order valence-electron chi connectivity index (χ1n) is 5.97. The van der Waals surface area contributed by atoms with Crippen molar-refractivity contribution in [2.75, 3.05) is 26.8 Å². The van der Waals surface area contributed by atoms with Gasteiger partial charge in [-0.05, 0) is 28.1 Å². The average Bonchev–Trinajstić information content (AvgIpc) is 2.48. The highest BCUT2D eigenvalue weighted by atomic mass is 79.9. The molecule has 1 atom stereocenters. The van der Waals surface area contributed by atoms with Gasteiger partial charge in [0.1, 0.15) is 0 Å². The van der Waals surface area contributed by atoms with Crippen molar-refractivity contribution >= 4 is 39.4 Å². The van der Waals surface area contributed by atoms with Crippen LogP contribution in [-0.4, -0.2) is 49.7 Å². The number of benzene rings is 1. The lowest BCUT2D eigenvalue weighted by molar-refractivity contribution is -0.158. The third kappa shape index (κ3) is 3.13. The third-order valence-electron chi connectivity index (χ3n) is 3.00. The van der Waals surface area contributed by atoms with Gasteiger partial charge in [0, 0.05) is 11.0 Å². The minimum atomic E-state index is -0.747. The van der Waals surface area contributed by atoms with Gasteiger partial charge in [-0.15, -0.1) is 0 Å². The summed E-state index contributed by atoms with van der Waals surface area (Å²) in [5.41, 5.74) is 0.395. The van der Waals surface area contributed by atoms with E-state index in [1.54, 1.807) is 23.1 Å². The highest BCUT2D eigenvalue weighted by Crippen LogP contribution is 2.27. The number of hydrogen-bond acceptors (Lipinski definition) is 4. The summed E-state index contributed by atoms with van der Waals surface area (Å²) in [6, 6.07) is 5.15. The second-order valence-corrected chi connectivity index (χ2v) is 5.47. The zero-order valence-electron chi connectivity index (χ0n) is 10.8. The van der Waals surface area contributed by atoms with Crippen LogP contribution in [0, 0.1) is 0 Å². The Balaban J connectivity index is 2.16. The van der Waals surface area contributed by atoms with E-state index in [0.29, 0.717) is 21.6 Å². The van der Waals surface area contributed by atoms with E-state index in [1.807, 2.05) is 0 Å². The first kappa shape index (κ1) is 15.3. The maximum atomic E-state index is 12.4. The summed E-state index contributed by atoms with van der Waals surface area (Å²) in [5.74, 6) is -0.712. The van der Waals surface area contributed by atoms with E-state index < -0.39 is 12.1 Å². The standard InChI is InChI=1S/C13H13BrClNO4/c1-19-13(18)10-7-16(5-6-20-10)12(17)8-3-2-4-9(14)11(8)15/h2-4,10H,5-7H2,1H3. The molecule has 1 fully saturated rings. The predicted octanol–water partition coefficient (Wildman–Crippen LogP) is 2.12. The Labute approximate surface area is 129 Å². The van der Waals surface area contributed by atoms with E-state index in [0.717, 1.165) is 0 Å². The van der Waals surface area contributed by atoms with Crippen LogP contribution in [0.1, 0.15) is 10.4 Å². The van der Waals surface area contributed by atoms with Crippen LogP contribution in [0.5, 0.6) is 0 Å². The molecule has 1 heterocycles. The number of morpholine rings is 1. The quantitative estimate of drug-likeness (QED) is 0.756. The van der Waals surface area contributed by atoms with Gasteiger partial charge in [-0.2, -0.15) is 0 Å². The number of ether oxygens (including phenoxy) is 2. The van der Waals surface area contributed by atoms with Gasteiger partial charge in [0.2, 0.25) is 0 Å². The Kier molecular flexibility index (Phi) is 5.01. The van der Waals surface area contributed by atoms with Crippen molar-refractivity contribution in [1.29, 1.82) is 0 Å². The van der Waals surface area contributed by atoms with Crippen molar-refractivity contribution < 1.29 is 19.1 Å². The summed E-state index contributed by atoms with van der Waals surface area (Å²) in [7, 11) is 1.29. The van der Waals surface area contributed by atoms with Crippen molar-refractivity contribution in [2.24, 2.45) is 0 Å². The molecule has 0 aliphatic carbocycles. The normalized spacial score (nSPS) is 18.8. The number of hydrogen-bond donors (Lipinski definition) is 0.